The molecule has 1 aliphatic rings. The molecule has 3 aromatic rings. The van der Waals surface area contributed by atoms with Gasteiger partial charge in [-0.25, -0.2) is 0 Å². The molecule has 0 aromatic heterocycles. The number of carbonyl (C=O) groups excluding carboxylic acids is 3. The molecule has 0 saturated carbocycles. The van der Waals surface area contributed by atoms with Gasteiger partial charge in [0.05, 0.1) is 18.7 Å². The molecule has 0 saturated heterocycles. The van der Waals surface area contributed by atoms with E-state index < -0.39 is 17.7 Å². The first kappa shape index (κ1) is 23.8. The fourth-order valence-corrected chi connectivity index (χ4v) is 4.32. The molecular weight excluding hydrogens is 444 g/mol. The summed E-state index contributed by atoms with van der Waals surface area (Å²) in [6.07, 6.45) is 0.601. The van der Waals surface area contributed by atoms with Crippen LogP contribution in [0.5, 0.6) is 5.75 Å². The number of carbonyl (C=O) groups is 3. The number of rotatable bonds is 8. The first-order valence-corrected chi connectivity index (χ1v) is 11.2. The summed E-state index contributed by atoms with van der Waals surface area (Å²) in [5.41, 5.74) is 2.50. The van der Waals surface area contributed by atoms with E-state index in [9.17, 15) is 19.5 Å². The SMILES string of the molecule is COc1ccccc1C1C(C(=O)CCc2ccccc2)=C(O)C(=O)N1c1cccc(NC(C)=O)c1. The highest BCUT2D eigenvalue weighted by molar-refractivity contribution is 6.16. The number of hydrogen-bond donors (Lipinski definition) is 2. The van der Waals surface area contributed by atoms with Crippen molar-refractivity contribution in [1.29, 1.82) is 0 Å². The lowest BCUT2D eigenvalue weighted by atomic mass is 9.92. The zero-order valence-electron chi connectivity index (χ0n) is 19.5. The lowest BCUT2D eigenvalue weighted by Crippen LogP contribution is -2.31. The molecule has 7 heteroatoms. The Bertz CT molecular complexity index is 1300. The number of aliphatic hydroxyl groups is 1. The highest BCUT2D eigenvalue weighted by Crippen LogP contribution is 2.44. The maximum absolute atomic E-state index is 13.5. The van der Waals surface area contributed by atoms with Gasteiger partial charge < -0.3 is 15.2 Å². The molecule has 0 aliphatic carbocycles. The van der Waals surface area contributed by atoms with Gasteiger partial charge in [0.15, 0.2) is 11.5 Å². The molecule has 4 rings (SSSR count). The van der Waals surface area contributed by atoms with Crippen molar-refractivity contribution >= 4 is 29.0 Å². The minimum Gasteiger partial charge on any atom is -0.503 e. The summed E-state index contributed by atoms with van der Waals surface area (Å²) in [5, 5.41) is 13.6. The number of Topliss-reactive ketones (excluding diaryl/α,β-unsaturated/α-hetero) is 1. The lowest BCUT2D eigenvalue weighted by molar-refractivity contribution is -0.118. The molecule has 1 aliphatic heterocycles. The number of aliphatic hydroxyl groups excluding tert-OH is 1. The molecule has 7 nitrogen and oxygen atoms in total. The monoisotopic (exact) mass is 470 g/mol. The first-order valence-electron chi connectivity index (χ1n) is 11.2. The second-order valence-corrected chi connectivity index (χ2v) is 8.22. The summed E-state index contributed by atoms with van der Waals surface area (Å²) in [7, 11) is 1.51. The number of nitrogens with one attached hydrogen (secondary N) is 1. The quantitative estimate of drug-likeness (QED) is 0.495. The molecule has 0 fully saturated rings. The van der Waals surface area contributed by atoms with E-state index >= 15 is 0 Å². The van der Waals surface area contributed by atoms with Crippen molar-refractivity contribution in [3.05, 3.63) is 101 Å². The molecular formula is C28H26N2O5. The van der Waals surface area contributed by atoms with E-state index in [4.69, 9.17) is 4.74 Å². The lowest BCUT2D eigenvalue weighted by Gasteiger charge is -2.28. The number of ether oxygens (including phenoxy) is 1. The Balaban J connectivity index is 1.77. The van der Waals surface area contributed by atoms with E-state index in [1.165, 1.54) is 18.9 Å². The summed E-state index contributed by atoms with van der Waals surface area (Å²) < 4.78 is 5.54. The molecule has 0 bridgehead atoms. The summed E-state index contributed by atoms with van der Waals surface area (Å²) in [6, 6.07) is 22.5. The van der Waals surface area contributed by atoms with Crippen LogP contribution in [-0.4, -0.2) is 29.8 Å². The van der Waals surface area contributed by atoms with E-state index in [1.807, 2.05) is 30.3 Å². The second kappa shape index (κ2) is 10.3. The zero-order valence-corrected chi connectivity index (χ0v) is 19.5. The first-order chi connectivity index (χ1) is 16.9. The van der Waals surface area contributed by atoms with Gasteiger partial charge in [0.1, 0.15) is 5.75 Å². The Hall–Kier alpha value is -4.39. The minimum absolute atomic E-state index is 0.0281. The topological polar surface area (TPSA) is 95.9 Å². The average molecular weight is 471 g/mol. The van der Waals surface area contributed by atoms with E-state index in [0.717, 1.165) is 5.56 Å². The predicted molar refractivity (Wildman–Crippen MR) is 133 cm³/mol. The number of aryl methyl sites for hydroxylation is 1. The summed E-state index contributed by atoms with van der Waals surface area (Å²) >= 11 is 0. The van der Waals surface area contributed by atoms with Crippen LogP contribution in [0.15, 0.2) is 90.2 Å². The normalized spacial score (nSPS) is 15.3. The van der Waals surface area contributed by atoms with Crippen LogP contribution in [0.1, 0.15) is 30.5 Å². The Kier molecular flexibility index (Phi) is 6.96. The Morgan fingerprint density at radius 1 is 1.00 bits per heavy atom. The molecule has 1 unspecified atom stereocenters. The standard InChI is InChI=1S/C28H26N2O5/c1-18(31)29-20-11-8-12-21(17-20)30-26(22-13-6-7-14-24(22)35-2)25(27(33)28(30)34)23(32)16-15-19-9-4-3-5-10-19/h3-14,17,26,33H,15-16H2,1-2H3,(H,29,31). The van der Waals surface area contributed by atoms with Gasteiger partial charge >= 0.3 is 0 Å². The van der Waals surface area contributed by atoms with Gasteiger partial charge in [0.25, 0.3) is 5.91 Å². The van der Waals surface area contributed by atoms with E-state index in [1.54, 1.807) is 48.5 Å². The number of anilines is 2. The van der Waals surface area contributed by atoms with Crippen molar-refractivity contribution in [1.82, 2.24) is 0 Å². The Morgan fingerprint density at radius 3 is 2.43 bits per heavy atom. The van der Waals surface area contributed by atoms with Crippen molar-refractivity contribution in [3.8, 4) is 5.75 Å². The third kappa shape index (κ3) is 4.94. The molecule has 2 N–H and O–H groups in total. The third-order valence-electron chi connectivity index (χ3n) is 5.87. The number of ketones is 1. The van der Waals surface area contributed by atoms with Crippen molar-refractivity contribution in [2.75, 3.05) is 17.3 Å². The van der Waals surface area contributed by atoms with Gasteiger partial charge in [-0.1, -0.05) is 54.6 Å². The predicted octanol–water partition coefficient (Wildman–Crippen LogP) is 4.76. The maximum atomic E-state index is 13.5. The zero-order chi connectivity index (χ0) is 24.9. The summed E-state index contributed by atoms with van der Waals surface area (Å²) in [5.74, 6) is -1.37. The highest BCUT2D eigenvalue weighted by atomic mass is 16.5. The fraction of sp³-hybridized carbons (Fsp3) is 0.179. The van der Waals surface area contributed by atoms with Crippen molar-refractivity contribution in [3.63, 3.8) is 0 Å². The Labute approximate surface area is 203 Å². The number of methoxy groups -OCH3 is 1. The van der Waals surface area contributed by atoms with Gasteiger partial charge in [-0.15, -0.1) is 0 Å². The third-order valence-corrected chi connectivity index (χ3v) is 5.87. The number of nitrogens with zero attached hydrogens (tertiary/aromatic N) is 1. The number of amides is 2. The maximum Gasteiger partial charge on any atom is 0.294 e. The van der Waals surface area contributed by atoms with Crippen molar-refractivity contribution in [2.24, 2.45) is 0 Å². The van der Waals surface area contributed by atoms with Crippen molar-refractivity contribution < 1.29 is 24.2 Å². The molecule has 3 aromatic carbocycles. The molecule has 178 valence electrons. The van der Waals surface area contributed by atoms with Crippen LogP contribution in [0.2, 0.25) is 0 Å². The largest absolute Gasteiger partial charge is 0.503 e. The van der Waals surface area contributed by atoms with Gasteiger partial charge in [0, 0.05) is 30.3 Å². The van der Waals surface area contributed by atoms with E-state index in [2.05, 4.69) is 5.32 Å². The van der Waals surface area contributed by atoms with Gasteiger partial charge in [-0.05, 0) is 36.2 Å². The average Bonchev–Trinajstić information content (AvgIpc) is 3.13. The number of para-hydroxylation sites is 1. The van der Waals surface area contributed by atoms with Crippen molar-refractivity contribution in [2.45, 2.75) is 25.8 Å². The molecule has 1 heterocycles. The van der Waals surface area contributed by atoms with E-state index in [-0.39, 0.29) is 23.7 Å². The highest BCUT2D eigenvalue weighted by Gasteiger charge is 2.45. The summed E-state index contributed by atoms with van der Waals surface area (Å²) in [6.45, 7) is 1.39. The molecule has 0 radical (unpaired) electrons. The van der Waals surface area contributed by atoms with Crippen LogP contribution in [0, 0.1) is 0 Å². The van der Waals surface area contributed by atoms with Crippen LogP contribution >= 0.6 is 0 Å². The number of benzene rings is 3. The minimum atomic E-state index is -0.894. The molecule has 0 spiro atoms. The smallest absolute Gasteiger partial charge is 0.294 e. The van der Waals surface area contributed by atoms with Gasteiger partial charge in [-0.3, -0.25) is 19.3 Å². The van der Waals surface area contributed by atoms with Gasteiger partial charge in [-0.2, -0.15) is 0 Å². The van der Waals surface area contributed by atoms with Gasteiger partial charge in [0.2, 0.25) is 5.91 Å². The molecule has 35 heavy (non-hydrogen) atoms. The molecule has 1 atom stereocenters. The Morgan fingerprint density at radius 2 is 1.71 bits per heavy atom. The van der Waals surface area contributed by atoms with Crippen LogP contribution in [0.4, 0.5) is 11.4 Å². The fourth-order valence-electron chi connectivity index (χ4n) is 4.32. The number of hydrogen-bond acceptors (Lipinski definition) is 5. The van der Waals surface area contributed by atoms with Crippen LogP contribution in [-0.2, 0) is 20.8 Å². The van der Waals surface area contributed by atoms with Crippen LogP contribution in [0.3, 0.4) is 0 Å². The second-order valence-electron chi connectivity index (χ2n) is 8.22. The summed E-state index contributed by atoms with van der Waals surface area (Å²) in [4.78, 5) is 39.7. The van der Waals surface area contributed by atoms with E-state index in [0.29, 0.717) is 29.1 Å². The molecule has 2 amide bonds. The van der Waals surface area contributed by atoms with Crippen LogP contribution < -0.4 is 15.0 Å². The van der Waals surface area contributed by atoms with Crippen LogP contribution in [0.25, 0.3) is 0 Å².